The van der Waals surface area contributed by atoms with Gasteiger partial charge in [-0.05, 0) is 67.8 Å². The Hall–Kier alpha value is -3.55. The second-order valence-corrected chi connectivity index (χ2v) is 8.64. The van der Waals surface area contributed by atoms with Gasteiger partial charge in [-0.25, -0.2) is 9.69 Å². The van der Waals surface area contributed by atoms with Crippen LogP contribution in [0.2, 0.25) is 0 Å². The maximum atomic E-state index is 13.4. The van der Waals surface area contributed by atoms with Crippen LogP contribution in [0.25, 0.3) is 0 Å². The van der Waals surface area contributed by atoms with Gasteiger partial charge in [-0.15, -0.1) is 0 Å². The van der Waals surface area contributed by atoms with Gasteiger partial charge >= 0.3 is 6.03 Å². The lowest BCUT2D eigenvalue weighted by Gasteiger charge is -2.27. The average Bonchev–Trinajstić information content (AvgIpc) is 3.45. The third-order valence-electron chi connectivity index (χ3n) is 6.29. The minimum atomic E-state index is -0.829. The van der Waals surface area contributed by atoms with Crippen LogP contribution in [0.15, 0.2) is 48.5 Å². The van der Waals surface area contributed by atoms with Crippen LogP contribution in [-0.4, -0.2) is 48.5 Å². The SMILES string of the molecule is CCCOc1ccc(NC(=O)C[C@H]2C(=O)N(c3ccc(OC)cc3)C(=O)N2C2CCCC2)cc1. The fraction of sp³-hybridized carbons (Fsp3) is 0.423. The van der Waals surface area contributed by atoms with Crippen LogP contribution in [0.1, 0.15) is 45.4 Å². The van der Waals surface area contributed by atoms with Gasteiger partial charge in [0.1, 0.15) is 17.5 Å². The molecular weight excluding hydrogens is 434 g/mol. The lowest BCUT2D eigenvalue weighted by Crippen LogP contribution is -2.43. The van der Waals surface area contributed by atoms with Gasteiger partial charge in [0, 0.05) is 11.7 Å². The van der Waals surface area contributed by atoms with Gasteiger partial charge < -0.3 is 19.7 Å². The van der Waals surface area contributed by atoms with Crippen molar-refractivity contribution in [1.29, 1.82) is 0 Å². The fourth-order valence-corrected chi connectivity index (χ4v) is 4.60. The first-order valence-electron chi connectivity index (χ1n) is 11.8. The second kappa shape index (κ2) is 10.6. The molecule has 0 radical (unpaired) electrons. The number of benzene rings is 2. The maximum Gasteiger partial charge on any atom is 0.332 e. The first-order valence-corrected chi connectivity index (χ1v) is 11.8. The quantitative estimate of drug-likeness (QED) is 0.547. The van der Waals surface area contributed by atoms with E-state index in [9.17, 15) is 14.4 Å². The number of carbonyl (C=O) groups is 3. The van der Waals surface area contributed by atoms with Crippen LogP contribution >= 0.6 is 0 Å². The van der Waals surface area contributed by atoms with Crippen LogP contribution in [0, 0.1) is 0 Å². The average molecular weight is 466 g/mol. The van der Waals surface area contributed by atoms with E-state index in [1.54, 1.807) is 60.5 Å². The summed E-state index contributed by atoms with van der Waals surface area (Å²) in [6.45, 7) is 2.67. The predicted molar refractivity (Wildman–Crippen MR) is 129 cm³/mol. The number of anilines is 2. The summed E-state index contributed by atoms with van der Waals surface area (Å²) in [4.78, 5) is 42.5. The van der Waals surface area contributed by atoms with E-state index in [1.807, 2.05) is 6.92 Å². The summed E-state index contributed by atoms with van der Waals surface area (Å²) < 4.78 is 10.8. The van der Waals surface area contributed by atoms with Crippen molar-refractivity contribution in [3.63, 3.8) is 0 Å². The number of hydrogen-bond donors (Lipinski definition) is 1. The second-order valence-electron chi connectivity index (χ2n) is 8.64. The molecule has 2 aromatic rings. The number of nitrogens with zero attached hydrogens (tertiary/aromatic N) is 2. The highest BCUT2D eigenvalue weighted by Crippen LogP contribution is 2.34. The summed E-state index contributed by atoms with van der Waals surface area (Å²) in [5, 5.41) is 2.85. The molecule has 4 rings (SSSR count). The van der Waals surface area contributed by atoms with Crippen molar-refractivity contribution in [2.24, 2.45) is 0 Å². The van der Waals surface area contributed by atoms with Gasteiger partial charge in [0.25, 0.3) is 5.91 Å². The molecule has 0 bridgehead atoms. The minimum Gasteiger partial charge on any atom is -0.497 e. The first-order chi connectivity index (χ1) is 16.5. The van der Waals surface area contributed by atoms with E-state index < -0.39 is 6.04 Å². The number of urea groups is 1. The molecule has 4 amide bonds. The van der Waals surface area contributed by atoms with E-state index in [0.29, 0.717) is 23.7 Å². The number of carbonyl (C=O) groups excluding carboxylic acids is 3. The highest BCUT2D eigenvalue weighted by molar-refractivity contribution is 6.22. The van der Waals surface area contributed by atoms with E-state index in [4.69, 9.17) is 9.47 Å². The maximum absolute atomic E-state index is 13.4. The molecule has 180 valence electrons. The van der Waals surface area contributed by atoms with Gasteiger partial charge in [0.2, 0.25) is 5.91 Å². The number of methoxy groups -OCH3 is 1. The molecule has 1 heterocycles. The summed E-state index contributed by atoms with van der Waals surface area (Å²) in [6.07, 6.45) is 4.52. The Morgan fingerprint density at radius 2 is 1.65 bits per heavy atom. The molecule has 0 spiro atoms. The van der Waals surface area contributed by atoms with Gasteiger partial charge in [-0.2, -0.15) is 0 Å². The Bertz CT molecular complexity index is 1020. The summed E-state index contributed by atoms with van der Waals surface area (Å²) >= 11 is 0. The zero-order valence-electron chi connectivity index (χ0n) is 19.7. The molecule has 0 aromatic heterocycles. The van der Waals surface area contributed by atoms with Crippen molar-refractivity contribution in [3.05, 3.63) is 48.5 Å². The van der Waals surface area contributed by atoms with E-state index in [2.05, 4.69) is 5.32 Å². The molecule has 8 heteroatoms. The van der Waals surface area contributed by atoms with Crippen LogP contribution < -0.4 is 19.7 Å². The van der Waals surface area contributed by atoms with Gasteiger partial charge in [-0.3, -0.25) is 9.59 Å². The molecule has 1 aliphatic heterocycles. The van der Waals surface area contributed by atoms with Gasteiger partial charge in [0.15, 0.2) is 0 Å². The molecule has 1 saturated heterocycles. The molecule has 1 N–H and O–H groups in total. The van der Waals surface area contributed by atoms with Gasteiger partial charge in [-0.1, -0.05) is 19.8 Å². The zero-order valence-corrected chi connectivity index (χ0v) is 19.7. The summed E-state index contributed by atoms with van der Waals surface area (Å²) in [5.41, 5.74) is 1.09. The Morgan fingerprint density at radius 3 is 2.26 bits per heavy atom. The molecule has 2 aromatic carbocycles. The minimum absolute atomic E-state index is 0.0347. The van der Waals surface area contributed by atoms with E-state index >= 15 is 0 Å². The third kappa shape index (κ3) is 5.00. The molecule has 1 saturated carbocycles. The van der Waals surface area contributed by atoms with Crippen LogP contribution in [-0.2, 0) is 9.59 Å². The molecule has 2 fully saturated rings. The smallest absolute Gasteiger partial charge is 0.332 e. The van der Waals surface area contributed by atoms with E-state index in [-0.39, 0.29) is 30.3 Å². The van der Waals surface area contributed by atoms with Crippen LogP contribution in [0.3, 0.4) is 0 Å². The topological polar surface area (TPSA) is 88.2 Å². The fourth-order valence-electron chi connectivity index (χ4n) is 4.60. The Balaban J connectivity index is 1.50. The zero-order chi connectivity index (χ0) is 24.1. The number of nitrogens with one attached hydrogen (secondary N) is 1. The lowest BCUT2D eigenvalue weighted by molar-refractivity contribution is -0.124. The number of hydrogen-bond acceptors (Lipinski definition) is 5. The number of imide groups is 1. The normalized spacial score (nSPS) is 18.5. The number of amides is 4. The van der Waals surface area contributed by atoms with E-state index in [0.717, 1.165) is 37.9 Å². The van der Waals surface area contributed by atoms with Crippen LogP contribution in [0.4, 0.5) is 16.2 Å². The predicted octanol–water partition coefficient (Wildman–Crippen LogP) is 4.59. The van der Waals surface area contributed by atoms with E-state index in [1.165, 1.54) is 4.90 Å². The van der Waals surface area contributed by atoms with Gasteiger partial charge in [0.05, 0.1) is 25.8 Å². The highest BCUT2D eigenvalue weighted by Gasteiger charge is 2.49. The Labute approximate surface area is 199 Å². The van der Waals surface area contributed by atoms with Crippen LogP contribution in [0.5, 0.6) is 11.5 Å². The standard InChI is InChI=1S/C26H31N3O5/c1-3-16-34-22-12-8-18(9-13-22)27-24(30)17-23-25(31)29(20-10-14-21(33-2)15-11-20)26(32)28(23)19-6-4-5-7-19/h8-15,19,23H,3-7,16-17H2,1-2H3,(H,27,30)/t23-/m0/s1. The summed E-state index contributed by atoms with van der Waals surface area (Å²) in [5.74, 6) is 0.685. The molecule has 1 aliphatic carbocycles. The van der Waals surface area contributed by atoms with Crippen molar-refractivity contribution in [2.45, 2.75) is 57.5 Å². The van der Waals surface area contributed by atoms with Crippen molar-refractivity contribution in [2.75, 3.05) is 23.9 Å². The van der Waals surface area contributed by atoms with Crippen molar-refractivity contribution in [1.82, 2.24) is 4.90 Å². The largest absolute Gasteiger partial charge is 0.497 e. The van der Waals surface area contributed by atoms with Crippen molar-refractivity contribution >= 4 is 29.2 Å². The number of ether oxygens (including phenoxy) is 2. The summed E-state index contributed by atoms with van der Waals surface area (Å²) in [6, 6.07) is 12.7. The molecule has 34 heavy (non-hydrogen) atoms. The Morgan fingerprint density at radius 1 is 1.00 bits per heavy atom. The number of rotatable bonds is 9. The third-order valence-corrected chi connectivity index (χ3v) is 6.29. The molecular formula is C26H31N3O5. The molecule has 1 atom stereocenters. The molecule has 8 nitrogen and oxygen atoms in total. The molecule has 0 unspecified atom stereocenters. The Kier molecular flexibility index (Phi) is 7.35. The first kappa shape index (κ1) is 23.6. The van der Waals surface area contributed by atoms with Crippen molar-refractivity contribution < 1.29 is 23.9 Å². The molecule has 2 aliphatic rings. The lowest BCUT2D eigenvalue weighted by atomic mass is 10.1. The highest BCUT2D eigenvalue weighted by atomic mass is 16.5. The monoisotopic (exact) mass is 465 g/mol. The summed E-state index contributed by atoms with van der Waals surface area (Å²) in [7, 11) is 1.56. The van der Waals surface area contributed by atoms with Crippen molar-refractivity contribution in [3.8, 4) is 11.5 Å².